The fraction of sp³-hybridized carbons (Fsp3) is 0.625. The summed E-state index contributed by atoms with van der Waals surface area (Å²) in [6.45, 7) is 2.11. The largest absolute Gasteiger partial charge is 0.474 e. The number of hydrogen-bond acceptors (Lipinski definition) is 5. The van der Waals surface area contributed by atoms with Gasteiger partial charge in [0.05, 0.1) is 6.61 Å². The molecule has 0 aliphatic heterocycles. The van der Waals surface area contributed by atoms with Crippen molar-refractivity contribution in [2.75, 3.05) is 6.61 Å². The van der Waals surface area contributed by atoms with Crippen molar-refractivity contribution in [2.45, 2.75) is 57.6 Å². The number of pyridine rings is 1. The highest BCUT2D eigenvalue weighted by molar-refractivity contribution is 5.76. The zero-order valence-corrected chi connectivity index (χ0v) is 12.6. The van der Waals surface area contributed by atoms with E-state index >= 15 is 0 Å². The van der Waals surface area contributed by atoms with Crippen LogP contribution in [-0.4, -0.2) is 29.7 Å². The Morgan fingerprint density at radius 2 is 2.19 bits per heavy atom. The Bertz CT molecular complexity index is 459. The summed E-state index contributed by atoms with van der Waals surface area (Å²) in [4.78, 5) is 15.9. The van der Waals surface area contributed by atoms with Crippen LogP contribution in [0.15, 0.2) is 18.3 Å². The minimum atomic E-state index is -0.678. The van der Waals surface area contributed by atoms with E-state index in [-0.39, 0.29) is 12.1 Å². The number of carbonyl (C=O) groups is 1. The maximum absolute atomic E-state index is 11.6. The molecule has 116 valence electrons. The first-order valence-corrected chi connectivity index (χ1v) is 7.73. The number of esters is 1. The monoisotopic (exact) mass is 292 g/mol. The molecular weight excluding hydrogens is 268 g/mol. The summed E-state index contributed by atoms with van der Waals surface area (Å²) in [5, 5.41) is 0. The highest BCUT2D eigenvalue weighted by atomic mass is 16.5. The van der Waals surface area contributed by atoms with E-state index in [0.29, 0.717) is 18.9 Å². The van der Waals surface area contributed by atoms with Crippen LogP contribution >= 0.6 is 0 Å². The van der Waals surface area contributed by atoms with Gasteiger partial charge >= 0.3 is 5.97 Å². The average Bonchev–Trinajstić information content (AvgIpc) is 2.50. The third kappa shape index (κ3) is 4.70. The van der Waals surface area contributed by atoms with Crippen LogP contribution in [0.3, 0.4) is 0 Å². The molecule has 1 aromatic heterocycles. The molecule has 0 radical (unpaired) electrons. The van der Waals surface area contributed by atoms with Crippen LogP contribution in [0.4, 0.5) is 0 Å². The molecule has 5 heteroatoms. The molecule has 1 heterocycles. The maximum atomic E-state index is 11.6. The lowest BCUT2D eigenvalue weighted by Crippen LogP contribution is -2.34. The van der Waals surface area contributed by atoms with E-state index in [1.165, 1.54) is 19.3 Å². The number of ether oxygens (including phenoxy) is 2. The zero-order chi connectivity index (χ0) is 15.1. The second-order valence-electron chi connectivity index (χ2n) is 5.41. The van der Waals surface area contributed by atoms with Crippen LogP contribution < -0.4 is 10.5 Å². The molecule has 1 unspecified atom stereocenters. The Kier molecular flexibility index (Phi) is 5.99. The van der Waals surface area contributed by atoms with E-state index in [4.69, 9.17) is 15.2 Å². The average molecular weight is 292 g/mol. The summed E-state index contributed by atoms with van der Waals surface area (Å²) in [6, 6.07) is 3.06. The fourth-order valence-electron chi connectivity index (χ4n) is 2.60. The maximum Gasteiger partial charge on any atom is 0.323 e. The normalized spacial score (nSPS) is 17.2. The number of aromatic nitrogens is 1. The first-order valence-electron chi connectivity index (χ1n) is 7.73. The Labute approximate surface area is 125 Å². The number of nitrogens with two attached hydrogens (primary N) is 1. The summed E-state index contributed by atoms with van der Waals surface area (Å²) < 4.78 is 10.9. The number of hydrogen-bond donors (Lipinski definition) is 1. The molecule has 2 N–H and O–H groups in total. The van der Waals surface area contributed by atoms with Gasteiger partial charge in [0.1, 0.15) is 12.1 Å². The number of nitrogens with zero attached hydrogens (tertiary/aromatic N) is 1. The van der Waals surface area contributed by atoms with Gasteiger partial charge in [0.25, 0.3) is 0 Å². The Morgan fingerprint density at radius 3 is 2.90 bits per heavy atom. The lowest BCUT2D eigenvalue weighted by molar-refractivity contribution is -0.144. The van der Waals surface area contributed by atoms with E-state index in [0.717, 1.165) is 18.4 Å². The topological polar surface area (TPSA) is 74.4 Å². The molecule has 2 rings (SSSR count). The Balaban J connectivity index is 2.00. The van der Waals surface area contributed by atoms with Crippen LogP contribution in [-0.2, 0) is 16.0 Å². The molecule has 5 nitrogen and oxygen atoms in total. The second-order valence-corrected chi connectivity index (χ2v) is 5.41. The fourth-order valence-corrected chi connectivity index (χ4v) is 2.60. The lowest BCUT2D eigenvalue weighted by atomic mass is 9.98. The minimum Gasteiger partial charge on any atom is -0.474 e. The highest BCUT2D eigenvalue weighted by Crippen LogP contribution is 2.24. The van der Waals surface area contributed by atoms with Crippen molar-refractivity contribution < 1.29 is 14.3 Å². The van der Waals surface area contributed by atoms with Crippen molar-refractivity contribution in [3.63, 3.8) is 0 Å². The van der Waals surface area contributed by atoms with E-state index in [1.807, 2.05) is 12.1 Å². The van der Waals surface area contributed by atoms with E-state index in [1.54, 1.807) is 13.1 Å². The molecule has 1 saturated carbocycles. The number of carbonyl (C=O) groups excluding carboxylic acids is 1. The van der Waals surface area contributed by atoms with Gasteiger partial charge in [-0.25, -0.2) is 4.98 Å². The SMILES string of the molecule is CCOC(=O)C(N)Cc1cccnc1OC1CCCCC1. The molecule has 1 aromatic rings. The molecule has 21 heavy (non-hydrogen) atoms. The van der Waals surface area contributed by atoms with Gasteiger partial charge < -0.3 is 15.2 Å². The van der Waals surface area contributed by atoms with E-state index < -0.39 is 6.04 Å². The summed E-state index contributed by atoms with van der Waals surface area (Å²) >= 11 is 0. The van der Waals surface area contributed by atoms with Gasteiger partial charge in [-0.2, -0.15) is 0 Å². The van der Waals surface area contributed by atoms with Crippen molar-refractivity contribution in [2.24, 2.45) is 5.73 Å². The standard InChI is InChI=1S/C16H24N2O3/c1-2-20-16(19)14(17)11-12-7-6-10-18-15(12)21-13-8-4-3-5-9-13/h6-7,10,13-14H,2-5,8-9,11,17H2,1H3. The molecule has 0 bridgehead atoms. The molecule has 0 spiro atoms. The summed E-state index contributed by atoms with van der Waals surface area (Å²) in [7, 11) is 0. The first kappa shape index (κ1) is 15.8. The van der Waals surface area contributed by atoms with Gasteiger partial charge in [0.15, 0.2) is 0 Å². The van der Waals surface area contributed by atoms with Gasteiger partial charge in [-0.15, -0.1) is 0 Å². The van der Waals surface area contributed by atoms with Crippen LogP contribution in [0.25, 0.3) is 0 Å². The van der Waals surface area contributed by atoms with Crippen molar-refractivity contribution in [1.82, 2.24) is 4.98 Å². The number of rotatable bonds is 6. The zero-order valence-electron chi connectivity index (χ0n) is 12.6. The molecule has 1 aliphatic rings. The van der Waals surface area contributed by atoms with Crippen molar-refractivity contribution >= 4 is 5.97 Å². The Hall–Kier alpha value is -1.62. The van der Waals surface area contributed by atoms with E-state index in [9.17, 15) is 4.79 Å². The predicted octanol–water partition coefficient (Wildman–Crippen LogP) is 2.23. The van der Waals surface area contributed by atoms with Gasteiger partial charge in [-0.3, -0.25) is 4.79 Å². The van der Waals surface area contributed by atoms with Crippen LogP contribution in [0.5, 0.6) is 5.88 Å². The highest BCUT2D eigenvalue weighted by Gasteiger charge is 2.20. The molecule has 0 saturated heterocycles. The smallest absolute Gasteiger partial charge is 0.323 e. The summed E-state index contributed by atoms with van der Waals surface area (Å²) in [5.41, 5.74) is 6.74. The van der Waals surface area contributed by atoms with Gasteiger partial charge in [0, 0.05) is 18.2 Å². The molecule has 1 atom stereocenters. The first-order chi connectivity index (χ1) is 10.2. The quantitative estimate of drug-likeness (QED) is 0.814. The Morgan fingerprint density at radius 1 is 1.43 bits per heavy atom. The lowest BCUT2D eigenvalue weighted by Gasteiger charge is -2.23. The molecular formula is C16H24N2O3. The third-order valence-corrected chi connectivity index (χ3v) is 3.71. The van der Waals surface area contributed by atoms with Crippen molar-refractivity contribution in [3.05, 3.63) is 23.9 Å². The molecule has 0 aromatic carbocycles. The minimum absolute atomic E-state index is 0.228. The second kappa shape index (κ2) is 7.98. The van der Waals surface area contributed by atoms with Crippen molar-refractivity contribution in [3.8, 4) is 5.88 Å². The molecule has 1 aliphatic carbocycles. The molecule has 0 amide bonds. The van der Waals surface area contributed by atoms with Crippen LogP contribution in [0.1, 0.15) is 44.6 Å². The van der Waals surface area contributed by atoms with E-state index in [2.05, 4.69) is 4.98 Å². The van der Waals surface area contributed by atoms with Crippen LogP contribution in [0.2, 0.25) is 0 Å². The van der Waals surface area contributed by atoms with Gasteiger partial charge in [-0.1, -0.05) is 12.5 Å². The van der Waals surface area contributed by atoms with Gasteiger partial charge in [-0.05, 0) is 38.7 Å². The summed E-state index contributed by atoms with van der Waals surface area (Å²) in [5.74, 6) is 0.217. The molecule has 1 fully saturated rings. The predicted molar refractivity (Wildman–Crippen MR) is 80.1 cm³/mol. The van der Waals surface area contributed by atoms with Gasteiger partial charge in [0.2, 0.25) is 5.88 Å². The summed E-state index contributed by atoms with van der Waals surface area (Å²) in [6.07, 6.45) is 8.14. The van der Waals surface area contributed by atoms with Crippen molar-refractivity contribution in [1.29, 1.82) is 0 Å². The van der Waals surface area contributed by atoms with Crippen LogP contribution in [0, 0.1) is 0 Å². The third-order valence-electron chi connectivity index (χ3n) is 3.71.